The number of aliphatic hydroxyl groups excluding tert-OH is 1. The van der Waals surface area contributed by atoms with E-state index < -0.39 is 17.7 Å². The average Bonchev–Trinajstić information content (AvgIpc) is 3.11. The lowest BCUT2D eigenvalue weighted by molar-refractivity contribution is 0.117. The third kappa shape index (κ3) is 3.01. The Morgan fingerprint density at radius 2 is 1.97 bits per heavy atom. The maximum atomic E-state index is 14.6. The maximum absolute atomic E-state index is 14.6. The van der Waals surface area contributed by atoms with Crippen molar-refractivity contribution in [2.45, 2.75) is 18.4 Å². The van der Waals surface area contributed by atoms with Crippen molar-refractivity contribution in [2.75, 3.05) is 13.1 Å². The lowest BCUT2D eigenvalue weighted by atomic mass is 9.91. The monoisotopic (exact) mass is 393 g/mol. The minimum absolute atomic E-state index is 0.00791. The molecule has 4 heterocycles. The van der Waals surface area contributed by atoms with Crippen LogP contribution in [0, 0.1) is 5.82 Å². The summed E-state index contributed by atoms with van der Waals surface area (Å²) in [6.07, 6.45) is 2.05. The van der Waals surface area contributed by atoms with Gasteiger partial charge in [-0.25, -0.2) is 9.37 Å². The van der Waals surface area contributed by atoms with Gasteiger partial charge in [0.1, 0.15) is 5.52 Å². The van der Waals surface area contributed by atoms with Crippen molar-refractivity contribution in [3.63, 3.8) is 0 Å². The molecule has 1 saturated heterocycles. The standard InChI is InChI=1S/C21H20FN5O2/c1-27-10-11-8-13(21(29)19(22)20(11)26-27)15-3-5-16-17(25-15)4-2-14(24-16)12-6-7-23-9-18(12)28/h2-5,8,10,12,18,23,28-29H,6-7,9H2,1H3/t12-,18-/m1/s1. The van der Waals surface area contributed by atoms with Crippen molar-refractivity contribution >= 4 is 21.9 Å². The van der Waals surface area contributed by atoms with E-state index >= 15 is 0 Å². The van der Waals surface area contributed by atoms with Gasteiger partial charge < -0.3 is 15.5 Å². The molecule has 0 aliphatic carbocycles. The molecule has 5 rings (SSSR count). The van der Waals surface area contributed by atoms with Crippen molar-refractivity contribution in [1.82, 2.24) is 25.1 Å². The molecule has 3 N–H and O–H groups in total. The van der Waals surface area contributed by atoms with Gasteiger partial charge in [-0.15, -0.1) is 0 Å². The number of phenolic OH excluding ortho intramolecular Hbond substituents is 1. The molecule has 3 aromatic heterocycles. The highest BCUT2D eigenvalue weighted by Gasteiger charge is 2.26. The summed E-state index contributed by atoms with van der Waals surface area (Å²) < 4.78 is 16.1. The molecular formula is C21H20FN5O2. The summed E-state index contributed by atoms with van der Waals surface area (Å²) in [5.74, 6) is -1.23. The van der Waals surface area contributed by atoms with Crippen LogP contribution >= 0.6 is 0 Å². The summed E-state index contributed by atoms with van der Waals surface area (Å²) in [7, 11) is 1.70. The Bertz CT molecular complexity index is 1240. The number of benzene rings is 1. The first-order valence-electron chi connectivity index (χ1n) is 9.53. The number of aromatic nitrogens is 4. The highest BCUT2D eigenvalue weighted by atomic mass is 19.1. The number of hydrogen-bond donors (Lipinski definition) is 3. The molecule has 0 unspecified atom stereocenters. The largest absolute Gasteiger partial charge is 0.504 e. The molecule has 0 bridgehead atoms. The Kier molecular flexibility index (Phi) is 4.18. The molecular weight excluding hydrogens is 373 g/mol. The normalized spacial score (nSPS) is 19.8. The number of piperidine rings is 1. The minimum atomic E-state index is -0.756. The van der Waals surface area contributed by atoms with Gasteiger partial charge in [-0.3, -0.25) is 9.67 Å². The second-order valence-electron chi connectivity index (χ2n) is 7.46. The van der Waals surface area contributed by atoms with Crippen LogP contribution in [-0.4, -0.2) is 49.2 Å². The van der Waals surface area contributed by atoms with Crippen molar-refractivity contribution < 1.29 is 14.6 Å². The molecule has 1 aliphatic rings. The molecule has 1 fully saturated rings. The van der Waals surface area contributed by atoms with Gasteiger partial charge in [0.25, 0.3) is 0 Å². The summed E-state index contributed by atoms with van der Waals surface area (Å²) in [4.78, 5) is 9.25. The highest BCUT2D eigenvalue weighted by Crippen LogP contribution is 2.36. The van der Waals surface area contributed by atoms with Gasteiger partial charge in [0.05, 0.1) is 22.8 Å². The number of aliphatic hydroxyl groups is 1. The van der Waals surface area contributed by atoms with Crippen LogP contribution in [0.25, 0.3) is 33.2 Å². The number of phenols is 1. The quantitative estimate of drug-likeness (QED) is 0.484. The number of aryl methyl sites for hydroxylation is 1. The zero-order chi connectivity index (χ0) is 20.1. The van der Waals surface area contributed by atoms with Gasteiger partial charge in [-0.1, -0.05) is 0 Å². The van der Waals surface area contributed by atoms with E-state index in [2.05, 4.69) is 20.4 Å². The third-order valence-electron chi connectivity index (χ3n) is 5.50. The number of halogens is 1. The number of fused-ring (bicyclic) bond motifs is 2. The predicted octanol–water partition coefficient (Wildman–Crippen LogP) is 2.47. The Labute approximate surface area is 165 Å². The van der Waals surface area contributed by atoms with Gasteiger partial charge >= 0.3 is 0 Å². The molecule has 148 valence electrons. The number of nitrogens with zero attached hydrogens (tertiary/aromatic N) is 4. The average molecular weight is 393 g/mol. The van der Waals surface area contributed by atoms with E-state index in [-0.39, 0.29) is 11.4 Å². The fraction of sp³-hybridized carbons (Fsp3) is 0.286. The molecule has 0 saturated carbocycles. The molecule has 1 aliphatic heterocycles. The summed E-state index contributed by atoms with van der Waals surface area (Å²) in [5, 5.41) is 28.4. The Balaban J connectivity index is 1.58. The number of nitrogens with one attached hydrogen (secondary N) is 1. The first kappa shape index (κ1) is 18.0. The summed E-state index contributed by atoms with van der Waals surface area (Å²) in [6, 6.07) is 8.94. The van der Waals surface area contributed by atoms with Crippen LogP contribution in [0.1, 0.15) is 18.0 Å². The summed E-state index contributed by atoms with van der Waals surface area (Å²) >= 11 is 0. The number of aromatic hydroxyl groups is 1. The minimum Gasteiger partial charge on any atom is -0.504 e. The Morgan fingerprint density at radius 3 is 2.79 bits per heavy atom. The molecule has 0 amide bonds. The van der Waals surface area contributed by atoms with E-state index in [0.717, 1.165) is 18.7 Å². The van der Waals surface area contributed by atoms with Crippen LogP contribution < -0.4 is 5.32 Å². The zero-order valence-corrected chi connectivity index (χ0v) is 15.8. The SMILES string of the molecule is Cn1cc2cc(-c3ccc4nc([C@H]5CCNC[C@H]5O)ccc4n3)c(O)c(F)c2n1. The molecule has 7 nitrogen and oxygen atoms in total. The summed E-state index contributed by atoms with van der Waals surface area (Å²) in [6.45, 7) is 1.41. The van der Waals surface area contributed by atoms with Crippen LogP contribution in [0.4, 0.5) is 4.39 Å². The maximum Gasteiger partial charge on any atom is 0.193 e. The molecule has 2 atom stereocenters. The highest BCUT2D eigenvalue weighted by molar-refractivity contribution is 5.89. The molecule has 29 heavy (non-hydrogen) atoms. The van der Waals surface area contributed by atoms with Crippen LogP contribution in [0.15, 0.2) is 36.5 Å². The second-order valence-corrected chi connectivity index (χ2v) is 7.46. The van der Waals surface area contributed by atoms with E-state index in [1.165, 1.54) is 4.68 Å². The molecule has 4 aromatic rings. The van der Waals surface area contributed by atoms with Gasteiger partial charge in [0.15, 0.2) is 11.6 Å². The van der Waals surface area contributed by atoms with Crippen molar-refractivity contribution in [3.8, 4) is 17.0 Å². The molecule has 0 radical (unpaired) electrons. The Morgan fingerprint density at radius 1 is 1.17 bits per heavy atom. The van der Waals surface area contributed by atoms with Gasteiger partial charge in [0.2, 0.25) is 0 Å². The second kappa shape index (κ2) is 6.75. The van der Waals surface area contributed by atoms with Gasteiger partial charge in [-0.05, 0) is 43.3 Å². The smallest absolute Gasteiger partial charge is 0.193 e. The van der Waals surface area contributed by atoms with Crippen molar-refractivity contribution in [1.29, 1.82) is 0 Å². The zero-order valence-electron chi connectivity index (χ0n) is 15.8. The van der Waals surface area contributed by atoms with Crippen LogP contribution in [-0.2, 0) is 7.05 Å². The van der Waals surface area contributed by atoms with Crippen LogP contribution in [0.3, 0.4) is 0 Å². The number of rotatable bonds is 2. The van der Waals surface area contributed by atoms with E-state index in [1.807, 2.05) is 12.1 Å². The number of hydrogen-bond acceptors (Lipinski definition) is 6. The number of pyridine rings is 2. The molecule has 1 aromatic carbocycles. The van der Waals surface area contributed by atoms with Crippen molar-refractivity contribution in [2.24, 2.45) is 7.05 Å². The first-order valence-corrected chi connectivity index (χ1v) is 9.53. The lowest BCUT2D eigenvalue weighted by Crippen LogP contribution is -2.39. The van der Waals surface area contributed by atoms with E-state index in [1.54, 1.807) is 31.4 Å². The fourth-order valence-corrected chi connectivity index (χ4v) is 4.00. The van der Waals surface area contributed by atoms with E-state index in [9.17, 15) is 14.6 Å². The van der Waals surface area contributed by atoms with Crippen LogP contribution in [0.2, 0.25) is 0 Å². The van der Waals surface area contributed by atoms with E-state index in [0.29, 0.717) is 34.2 Å². The van der Waals surface area contributed by atoms with Crippen LogP contribution in [0.5, 0.6) is 5.75 Å². The molecule has 0 spiro atoms. The molecule has 8 heteroatoms. The predicted molar refractivity (Wildman–Crippen MR) is 107 cm³/mol. The van der Waals surface area contributed by atoms with E-state index in [4.69, 9.17) is 0 Å². The van der Waals surface area contributed by atoms with Gasteiger partial charge in [-0.2, -0.15) is 5.10 Å². The Hall–Kier alpha value is -3.10. The first-order chi connectivity index (χ1) is 14.0. The third-order valence-corrected chi connectivity index (χ3v) is 5.50. The van der Waals surface area contributed by atoms with Gasteiger partial charge in [0, 0.05) is 42.4 Å². The lowest BCUT2D eigenvalue weighted by Gasteiger charge is -2.27. The topological polar surface area (TPSA) is 96.1 Å². The fourth-order valence-electron chi connectivity index (χ4n) is 4.00. The summed E-state index contributed by atoms with van der Waals surface area (Å²) in [5.41, 5.74) is 3.06. The van der Waals surface area contributed by atoms with Crippen molar-refractivity contribution in [3.05, 3.63) is 48.0 Å². The number of β-amino-alcohol motifs (C(OH)–C–C–N with tert-alkyl or cyclic N) is 1.